The number of nitrogens with zero attached hydrogens (tertiary/aromatic N) is 1. The number of hydrogen-bond acceptors (Lipinski definition) is 4. The Labute approximate surface area is 160 Å². The minimum absolute atomic E-state index is 0.146. The molecule has 2 N–H and O–H groups in total. The number of sulfonamides is 1. The maximum atomic E-state index is 11.6. The molecule has 1 aromatic heterocycles. The lowest BCUT2D eigenvalue weighted by Gasteiger charge is -2.23. The number of rotatable bonds is 4. The lowest BCUT2D eigenvalue weighted by Crippen LogP contribution is -2.12. The maximum absolute atomic E-state index is 11.6. The quantitative estimate of drug-likeness (QED) is 0.864. The average molecular weight is 385 g/mol. The number of primary sulfonamides is 1. The van der Waals surface area contributed by atoms with Crippen molar-refractivity contribution >= 4 is 21.2 Å². The summed E-state index contributed by atoms with van der Waals surface area (Å²) < 4.78 is 28.3. The molecule has 27 heavy (non-hydrogen) atoms. The first-order chi connectivity index (χ1) is 12.9. The van der Waals surface area contributed by atoms with E-state index in [1.54, 1.807) is 19.2 Å². The highest BCUT2D eigenvalue weighted by atomic mass is 32.2. The summed E-state index contributed by atoms with van der Waals surface area (Å²) in [4.78, 5) is 4.53. The van der Waals surface area contributed by atoms with Crippen LogP contribution in [-0.2, 0) is 10.0 Å². The summed E-state index contributed by atoms with van der Waals surface area (Å²) in [6.07, 6.45) is 9.02. The molecule has 2 aliphatic carbocycles. The van der Waals surface area contributed by atoms with E-state index < -0.39 is 10.0 Å². The van der Waals surface area contributed by atoms with Gasteiger partial charge in [0.25, 0.3) is 0 Å². The van der Waals surface area contributed by atoms with Gasteiger partial charge in [0.1, 0.15) is 0 Å². The Bertz CT molecular complexity index is 971. The predicted octanol–water partition coefficient (Wildman–Crippen LogP) is 4.00. The van der Waals surface area contributed by atoms with E-state index in [1.165, 1.54) is 36.8 Å². The second-order valence-electron chi connectivity index (χ2n) is 7.68. The van der Waals surface area contributed by atoms with E-state index >= 15 is 0 Å². The molecule has 4 rings (SSSR count). The fourth-order valence-electron chi connectivity index (χ4n) is 4.58. The van der Waals surface area contributed by atoms with Crippen molar-refractivity contribution in [1.82, 2.24) is 4.98 Å². The summed E-state index contributed by atoms with van der Waals surface area (Å²) in [6.45, 7) is 0. The molecular weight excluding hydrogens is 360 g/mol. The van der Waals surface area contributed by atoms with E-state index in [4.69, 9.17) is 9.88 Å². The zero-order valence-corrected chi connectivity index (χ0v) is 16.3. The molecule has 0 aliphatic heterocycles. The van der Waals surface area contributed by atoms with Crippen LogP contribution in [0.4, 0.5) is 0 Å². The van der Waals surface area contributed by atoms with Gasteiger partial charge in [-0.3, -0.25) is 0 Å². The lowest BCUT2D eigenvalue weighted by atomic mass is 9.81. The van der Waals surface area contributed by atoms with Crippen LogP contribution in [0.5, 0.6) is 5.88 Å². The van der Waals surface area contributed by atoms with Crippen LogP contribution in [-0.4, -0.2) is 20.5 Å². The van der Waals surface area contributed by atoms with Gasteiger partial charge in [0.2, 0.25) is 15.9 Å². The molecule has 1 heterocycles. The third-order valence-electron chi connectivity index (χ3n) is 5.96. The Morgan fingerprint density at radius 3 is 2.07 bits per heavy atom. The van der Waals surface area contributed by atoms with Crippen LogP contribution in [0.3, 0.4) is 0 Å². The van der Waals surface area contributed by atoms with Crippen molar-refractivity contribution in [2.75, 3.05) is 7.11 Å². The van der Waals surface area contributed by atoms with Gasteiger partial charge in [0, 0.05) is 12.3 Å². The smallest absolute Gasteiger partial charge is 0.238 e. The molecule has 5 nitrogen and oxygen atoms in total. The fraction of sp³-hybridized carbons (Fsp3) is 0.381. The highest BCUT2D eigenvalue weighted by Crippen LogP contribution is 2.57. The topological polar surface area (TPSA) is 82.3 Å². The summed E-state index contributed by atoms with van der Waals surface area (Å²) in [7, 11) is -2.06. The molecule has 0 radical (unpaired) electrons. The lowest BCUT2D eigenvalue weighted by molar-refractivity contribution is 0.329. The SMILES string of the molecule is COc1ccc(C2=C(c3ccc(S(N)(=O)=O)cc3)CC3(CCCC3)C2)cn1. The van der Waals surface area contributed by atoms with Gasteiger partial charge in [-0.2, -0.15) is 0 Å². The number of methoxy groups -OCH3 is 1. The number of aromatic nitrogens is 1. The molecule has 1 saturated carbocycles. The van der Waals surface area contributed by atoms with Gasteiger partial charge in [-0.25, -0.2) is 18.5 Å². The van der Waals surface area contributed by atoms with Crippen molar-refractivity contribution in [1.29, 1.82) is 0 Å². The maximum Gasteiger partial charge on any atom is 0.238 e. The Hall–Kier alpha value is -2.18. The van der Waals surface area contributed by atoms with Crippen molar-refractivity contribution < 1.29 is 13.2 Å². The van der Waals surface area contributed by atoms with Gasteiger partial charge < -0.3 is 4.74 Å². The fourth-order valence-corrected chi connectivity index (χ4v) is 5.10. The summed E-state index contributed by atoms with van der Waals surface area (Å²) >= 11 is 0. The molecular formula is C21H24N2O3S. The van der Waals surface area contributed by atoms with Crippen LogP contribution in [0.2, 0.25) is 0 Å². The standard InChI is InChI=1S/C21H24N2O3S/c1-26-20-9-6-16(14-23-20)19-13-21(10-2-3-11-21)12-18(19)15-4-7-17(8-5-15)27(22,24)25/h4-9,14H,2-3,10-13H2,1H3,(H2,22,24,25). The zero-order valence-electron chi connectivity index (χ0n) is 15.4. The van der Waals surface area contributed by atoms with Crippen LogP contribution in [0.1, 0.15) is 49.7 Å². The number of ether oxygens (including phenoxy) is 1. The molecule has 2 aliphatic rings. The van der Waals surface area contributed by atoms with Gasteiger partial charge >= 0.3 is 0 Å². The minimum atomic E-state index is -3.68. The average Bonchev–Trinajstić information content (AvgIpc) is 3.28. The van der Waals surface area contributed by atoms with E-state index in [1.807, 2.05) is 24.4 Å². The van der Waals surface area contributed by atoms with Crippen LogP contribution in [0.15, 0.2) is 47.5 Å². The highest BCUT2D eigenvalue weighted by molar-refractivity contribution is 7.89. The van der Waals surface area contributed by atoms with Crippen molar-refractivity contribution in [3.8, 4) is 5.88 Å². The third-order valence-corrected chi connectivity index (χ3v) is 6.89. The first-order valence-corrected chi connectivity index (χ1v) is 10.8. The Kier molecular flexibility index (Phi) is 4.56. The van der Waals surface area contributed by atoms with E-state index in [2.05, 4.69) is 11.1 Å². The Morgan fingerprint density at radius 1 is 0.963 bits per heavy atom. The highest BCUT2D eigenvalue weighted by Gasteiger charge is 2.41. The van der Waals surface area contributed by atoms with Crippen LogP contribution < -0.4 is 9.88 Å². The number of allylic oxidation sites excluding steroid dienone is 2. The van der Waals surface area contributed by atoms with E-state index in [0.717, 1.165) is 24.0 Å². The number of pyridine rings is 1. The van der Waals surface area contributed by atoms with E-state index in [9.17, 15) is 8.42 Å². The van der Waals surface area contributed by atoms with Gasteiger partial charge in [-0.05, 0) is 71.6 Å². The number of hydrogen-bond donors (Lipinski definition) is 1. The summed E-state index contributed by atoms with van der Waals surface area (Å²) in [6, 6.07) is 10.9. The molecule has 0 saturated heterocycles. The summed E-state index contributed by atoms with van der Waals surface area (Å²) in [5.74, 6) is 0.604. The van der Waals surface area contributed by atoms with Crippen LogP contribution >= 0.6 is 0 Å². The van der Waals surface area contributed by atoms with Crippen LogP contribution in [0.25, 0.3) is 11.1 Å². The first kappa shape index (κ1) is 18.2. The minimum Gasteiger partial charge on any atom is -0.481 e. The Balaban J connectivity index is 1.76. The molecule has 6 heteroatoms. The first-order valence-electron chi connectivity index (χ1n) is 9.26. The molecule has 142 valence electrons. The van der Waals surface area contributed by atoms with Gasteiger partial charge in [0.15, 0.2) is 0 Å². The van der Waals surface area contributed by atoms with E-state index in [0.29, 0.717) is 11.3 Å². The Morgan fingerprint density at radius 2 is 1.56 bits per heavy atom. The molecule has 0 amide bonds. The van der Waals surface area contributed by atoms with Crippen LogP contribution in [0, 0.1) is 5.41 Å². The second-order valence-corrected chi connectivity index (χ2v) is 9.24. The normalized spacial score (nSPS) is 19.0. The molecule has 1 fully saturated rings. The van der Waals surface area contributed by atoms with Gasteiger partial charge in [-0.15, -0.1) is 0 Å². The van der Waals surface area contributed by atoms with Crippen molar-refractivity contribution in [2.45, 2.75) is 43.4 Å². The summed E-state index contributed by atoms with van der Waals surface area (Å²) in [5.41, 5.74) is 5.13. The van der Waals surface area contributed by atoms with Crippen molar-refractivity contribution in [3.05, 3.63) is 53.7 Å². The van der Waals surface area contributed by atoms with Gasteiger partial charge in [0.05, 0.1) is 12.0 Å². The van der Waals surface area contributed by atoms with E-state index in [-0.39, 0.29) is 4.90 Å². The summed E-state index contributed by atoms with van der Waals surface area (Å²) in [5, 5.41) is 5.24. The number of benzene rings is 1. The predicted molar refractivity (Wildman–Crippen MR) is 106 cm³/mol. The van der Waals surface area contributed by atoms with Crippen molar-refractivity contribution in [3.63, 3.8) is 0 Å². The molecule has 1 aromatic carbocycles. The third kappa shape index (κ3) is 3.51. The molecule has 2 aromatic rings. The number of nitrogens with two attached hydrogens (primary N) is 1. The second kappa shape index (κ2) is 6.77. The molecule has 0 atom stereocenters. The molecule has 0 unspecified atom stereocenters. The van der Waals surface area contributed by atoms with Crippen molar-refractivity contribution in [2.24, 2.45) is 10.6 Å². The molecule has 0 bridgehead atoms. The van der Waals surface area contributed by atoms with Gasteiger partial charge in [-0.1, -0.05) is 25.0 Å². The zero-order chi connectivity index (χ0) is 19.1. The monoisotopic (exact) mass is 384 g/mol. The largest absolute Gasteiger partial charge is 0.481 e. The molecule has 1 spiro atoms.